The van der Waals surface area contributed by atoms with Gasteiger partial charge in [0, 0.05) is 24.9 Å². The molecular weight excluding hydrogens is 292 g/mol. The number of rotatable bonds is 5. The van der Waals surface area contributed by atoms with Crippen molar-refractivity contribution in [2.75, 3.05) is 18.5 Å². The number of carbonyl (C=O) groups is 2. The van der Waals surface area contributed by atoms with Crippen LogP contribution in [0.2, 0.25) is 0 Å². The number of amides is 2. The first-order chi connectivity index (χ1) is 11.0. The number of aliphatic hydroxyl groups excluding tert-OH is 1. The number of aryl methyl sites for hydroxylation is 2. The van der Waals surface area contributed by atoms with E-state index in [0.29, 0.717) is 13.0 Å². The number of carbonyl (C=O) groups excluding carboxylic acids is 2. The van der Waals surface area contributed by atoms with Crippen molar-refractivity contribution in [1.82, 2.24) is 4.90 Å². The molecule has 1 atom stereocenters. The lowest BCUT2D eigenvalue weighted by molar-refractivity contribution is -0.138. The molecule has 1 heterocycles. The molecule has 1 aliphatic heterocycles. The highest BCUT2D eigenvalue weighted by atomic mass is 16.3. The van der Waals surface area contributed by atoms with Gasteiger partial charge in [-0.2, -0.15) is 0 Å². The molecule has 0 aliphatic carbocycles. The van der Waals surface area contributed by atoms with Gasteiger partial charge in [-0.25, -0.2) is 0 Å². The summed E-state index contributed by atoms with van der Waals surface area (Å²) in [5.41, 5.74) is 2.87. The average molecular weight is 318 g/mol. The normalized spacial score (nSPS) is 17.9. The van der Waals surface area contributed by atoms with Crippen LogP contribution in [0.25, 0.3) is 0 Å². The summed E-state index contributed by atoms with van der Waals surface area (Å²) in [5.74, 6) is -0.430. The van der Waals surface area contributed by atoms with E-state index in [0.717, 1.165) is 36.1 Å². The molecule has 2 rings (SSSR count). The minimum Gasteiger partial charge on any atom is -0.396 e. The van der Waals surface area contributed by atoms with Crippen LogP contribution in [0, 0.1) is 13.8 Å². The molecule has 5 nitrogen and oxygen atoms in total. The first-order valence-electron chi connectivity index (χ1n) is 8.28. The summed E-state index contributed by atoms with van der Waals surface area (Å²) in [6.07, 6.45) is 3.39. The number of anilines is 1. The lowest BCUT2D eigenvalue weighted by Crippen LogP contribution is -2.45. The number of hydrogen-bond donors (Lipinski definition) is 2. The van der Waals surface area contributed by atoms with Crippen LogP contribution < -0.4 is 5.32 Å². The van der Waals surface area contributed by atoms with Gasteiger partial charge in [0.2, 0.25) is 11.8 Å². The zero-order valence-corrected chi connectivity index (χ0v) is 14.0. The largest absolute Gasteiger partial charge is 0.396 e. The van der Waals surface area contributed by atoms with E-state index in [1.807, 2.05) is 32.0 Å². The van der Waals surface area contributed by atoms with Crippen molar-refractivity contribution in [2.45, 2.75) is 52.0 Å². The fourth-order valence-corrected chi connectivity index (χ4v) is 3.17. The topological polar surface area (TPSA) is 69.6 Å². The minimum absolute atomic E-state index is 0.0650. The Morgan fingerprint density at radius 2 is 2.09 bits per heavy atom. The van der Waals surface area contributed by atoms with Crippen molar-refractivity contribution in [3.63, 3.8) is 0 Å². The fraction of sp³-hybridized carbons (Fsp3) is 0.556. The summed E-state index contributed by atoms with van der Waals surface area (Å²) in [6, 6.07) is 5.86. The highest BCUT2D eigenvalue weighted by Crippen LogP contribution is 2.21. The Morgan fingerprint density at radius 1 is 1.30 bits per heavy atom. The molecule has 0 spiro atoms. The van der Waals surface area contributed by atoms with Crippen LogP contribution in [0.4, 0.5) is 5.69 Å². The van der Waals surface area contributed by atoms with Crippen LogP contribution in [0.5, 0.6) is 0 Å². The number of hydrogen-bond acceptors (Lipinski definition) is 3. The van der Waals surface area contributed by atoms with Crippen LogP contribution in [0.3, 0.4) is 0 Å². The Morgan fingerprint density at radius 3 is 2.78 bits per heavy atom. The third-order valence-electron chi connectivity index (χ3n) is 4.38. The van der Waals surface area contributed by atoms with Crippen molar-refractivity contribution < 1.29 is 14.7 Å². The first kappa shape index (κ1) is 17.5. The van der Waals surface area contributed by atoms with E-state index >= 15 is 0 Å². The van der Waals surface area contributed by atoms with Gasteiger partial charge in [0.1, 0.15) is 6.42 Å². The van der Waals surface area contributed by atoms with E-state index < -0.39 is 0 Å². The van der Waals surface area contributed by atoms with Gasteiger partial charge in [-0.3, -0.25) is 9.59 Å². The van der Waals surface area contributed by atoms with Gasteiger partial charge in [0.25, 0.3) is 0 Å². The molecule has 1 aromatic carbocycles. The van der Waals surface area contributed by atoms with Crippen molar-refractivity contribution >= 4 is 17.5 Å². The van der Waals surface area contributed by atoms with E-state index in [1.165, 1.54) is 0 Å². The molecule has 0 aromatic heterocycles. The van der Waals surface area contributed by atoms with E-state index in [9.17, 15) is 9.59 Å². The van der Waals surface area contributed by atoms with Crippen LogP contribution in [-0.2, 0) is 9.59 Å². The van der Waals surface area contributed by atoms with Crippen LogP contribution >= 0.6 is 0 Å². The van der Waals surface area contributed by atoms with E-state index in [4.69, 9.17) is 5.11 Å². The second-order valence-corrected chi connectivity index (χ2v) is 6.29. The second-order valence-electron chi connectivity index (χ2n) is 6.29. The number of benzene rings is 1. The minimum atomic E-state index is -0.282. The van der Waals surface area contributed by atoms with Gasteiger partial charge in [0.15, 0.2) is 0 Å². The molecule has 0 saturated carbocycles. The molecule has 1 fully saturated rings. The molecule has 126 valence electrons. The highest BCUT2D eigenvalue weighted by molar-refractivity contribution is 6.04. The van der Waals surface area contributed by atoms with Crippen LogP contribution in [0.1, 0.15) is 43.2 Å². The number of nitrogens with one attached hydrogen (secondary N) is 1. The van der Waals surface area contributed by atoms with Crippen LogP contribution in [0.15, 0.2) is 18.2 Å². The van der Waals surface area contributed by atoms with Gasteiger partial charge < -0.3 is 15.3 Å². The second kappa shape index (κ2) is 8.11. The number of nitrogens with zero attached hydrogens (tertiary/aromatic N) is 1. The summed E-state index contributed by atoms with van der Waals surface area (Å²) in [7, 11) is 0. The summed E-state index contributed by atoms with van der Waals surface area (Å²) < 4.78 is 0. The SMILES string of the molecule is Cc1ccc(NC(=O)CC(=O)N2CCCC[C@H]2CCO)c(C)c1. The summed E-state index contributed by atoms with van der Waals surface area (Å²) in [6.45, 7) is 4.69. The Balaban J connectivity index is 1.94. The van der Waals surface area contributed by atoms with E-state index in [2.05, 4.69) is 5.32 Å². The molecule has 2 N–H and O–H groups in total. The first-order valence-corrected chi connectivity index (χ1v) is 8.28. The molecule has 0 radical (unpaired) electrons. The smallest absolute Gasteiger partial charge is 0.233 e. The van der Waals surface area contributed by atoms with Gasteiger partial charge in [-0.05, 0) is 51.2 Å². The quantitative estimate of drug-likeness (QED) is 0.819. The molecule has 2 amide bonds. The summed E-state index contributed by atoms with van der Waals surface area (Å²) >= 11 is 0. The molecule has 0 unspecified atom stereocenters. The molecule has 23 heavy (non-hydrogen) atoms. The zero-order valence-electron chi connectivity index (χ0n) is 14.0. The van der Waals surface area contributed by atoms with Gasteiger partial charge >= 0.3 is 0 Å². The van der Waals surface area contributed by atoms with Crippen LogP contribution in [-0.4, -0.2) is 41.0 Å². The standard InChI is InChI=1S/C18H26N2O3/c1-13-6-7-16(14(2)11-13)19-17(22)12-18(23)20-9-4-3-5-15(20)8-10-21/h6-7,11,15,21H,3-5,8-10,12H2,1-2H3,(H,19,22)/t15-/m0/s1. The fourth-order valence-electron chi connectivity index (χ4n) is 3.17. The molecule has 0 bridgehead atoms. The van der Waals surface area contributed by atoms with Crippen molar-refractivity contribution in [3.8, 4) is 0 Å². The third-order valence-corrected chi connectivity index (χ3v) is 4.38. The van der Waals surface area contributed by atoms with E-state index in [-0.39, 0.29) is 30.9 Å². The van der Waals surface area contributed by atoms with Gasteiger partial charge in [-0.1, -0.05) is 17.7 Å². The van der Waals surface area contributed by atoms with Gasteiger partial charge in [0.05, 0.1) is 0 Å². The highest BCUT2D eigenvalue weighted by Gasteiger charge is 2.27. The Hall–Kier alpha value is -1.88. The average Bonchev–Trinajstić information content (AvgIpc) is 2.51. The van der Waals surface area contributed by atoms with Crippen molar-refractivity contribution in [2.24, 2.45) is 0 Å². The van der Waals surface area contributed by atoms with Gasteiger partial charge in [-0.15, -0.1) is 0 Å². The van der Waals surface area contributed by atoms with Crippen molar-refractivity contribution in [3.05, 3.63) is 29.3 Å². The Kier molecular flexibility index (Phi) is 6.16. The Labute approximate surface area is 137 Å². The maximum Gasteiger partial charge on any atom is 0.233 e. The molecular formula is C18H26N2O3. The monoisotopic (exact) mass is 318 g/mol. The predicted octanol–water partition coefficient (Wildman–Crippen LogP) is 2.40. The third kappa shape index (κ3) is 4.79. The van der Waals surface area contributed by atoms with E-state index in [1.54, 1.807) is 4.90 Å². The molecule has 5 heteroatoms. The number of likely N-dealkylation sites (tertiary alicyclic amines) is 1. The molecule has 1 saturated heterocycles. The maximum atomic E-state index is 12.4. The molecule has 1 aromatic rings. The number of aliphatic hydroxyl groups is 1. The maximum absolute atomic E-state index is 12.4. The van der Waals surface area contributed by atoms with Crippen molar-refractivity contribution in [1.29, 1.82) is 0 Å². The summed E-state index contributed by atoms with van der Waals surface area (Å²) in [4.78, 5) is 26.3. The lowest BCUT2D eigenvalue weighted by Gasteiger charge is -2.35. The molecule has 1 aliphatic rings. The number of piperidine rings is 1. The Bertz CT molecular complexity index is 569. The predicted molar refractivity (Wildman–Crippen MR) is 90.2 cm³/mol. The lowest BCUT2D eigenvalue weighted by atomic mass is 9.99. The zero-order chi connectivity index (χ0) is 16.8. The summed E-state index contributed by atoms with van der Waals surface area (Å²) in [5, 5.41) is 11.9.